The van der Waals surface area contributed by atoms with E-state index in [-0.39, 0.29) is 11.4 Å². The van der Waals surface area contributed by atoms with Crippen LogP contribution in [0.15, 0.2) is 24.3 Å². The van der Waals surface area contributed by atoms with Crippen LogP contribution in [0, 0.1) is 10.1 Å². The molecule has 1 aliphatic rings. The minimum atomic E-state index is -1.45. The number of ether oxygens (including phenoxy) is 5. The molecule has 1 N–H and O–H groups in total. The molecule has 0 spiro atoms. The maximum atomic E-state index is 11.9. The lowest BCUT2D eigenvalue weighted by Crippen LogP contribution is -2.67. The average Bonchev–Trinajstić information content (AvgIpc) is 2.70. The van der Waals surface area contributed by atoms with Crippen LogP contribution in [0.5, 0.6) is 5.75 Å². The Bertz CT molecular complexity index is 919. The molecule has 33 heavy (non-hydrogen) atoms. The Morgan fingerprint density at radius 2 is 1.61 bits per heavy atom. The smallest absolute Gasteiger partial charge is 0.311 e. The van der Waals surface area contributed by atoms with E-state index in [2.05, 4.69) is 5.32 Å². The Morgan fingerprint density at radius 3 is 2.15 bits per heavy atom. The van der Waals surface area contributed by atoms with Crippen LogP contribution in [0.25, 0.3) is 0 Å². The summed E-state index contributed by atoms with van der Waals surface area (Å²) < 4.78 is 27.1. The van der Waals surface area contributed by atoms with Gasteiger partial charge in [0.15, 0.2) is 18.0 Å². The van der Waals surface area contributed by atoms with Gasteiger partial charge >= 0.3 is 23.6 Å². The minimum absolute atomic E-state index is 0.193. The molecule has 1 aromatic carbocycles. The molecule has 180 valence electrons. The highest BCUT2D eigenvalue weighted by Crippen LogP contribution is 2.32. The maximum absolute atomic E-state index is 11.9. The first-order valence-corrected chi connectivity index (χ1v) is 9.80. The molecule has 2 rings (SSSR count). The number of hydrogen-bond acceptors (Lipinski definition) is 11. The number of esters is 3. The number of nitrogens with one attached hydrogen (secondary N) is 1. The summed E-state index contributed by atoms with van der Waals surface area (Å²) in [7, 11) is 0. The molecule has 0 radical (unpaired) electrons. The van der Waals surface area contributed by atoms with E-state index in [0.717, 1.165) is 20.8 Å². The minimum Gasteiger partial charge on any atom is -0.463 e. The van der Waals surface area contributed by atoms with Gasteiger partial charge in [0.2, 0.25) is 12.2 Å². The zero-order valence-corrected chi connectivity index (χ0v) is 18.3. The van der Waals surface area contributed by atoms with Crippen molar-refractivity contribution in [2.24, 2.45) is 0 Å². The molecule has 0 aromatic heterocycles. The first kappa shape index (κ1) is 25.5. The Kier molecular flexibility index (Phi) is 8.68. The molecular formula is C20H24N2O11. The Morgan fingerprint density at radius 1 is 1.00 bits per heavy atom. The highest BCUT2D eigenvalue weighted by atomic mass is 16.7. The van der Waals surface area contributed by atoms with Gasteiger partial charge in [0.05, 0.1) is 4.92 Å². The lowest BCUT2D eigenvalue weighted by molar-refractivity contribution is -0.386. The number of carbonyl (C=O) groups excluding carboxylic acids is 4. The third-order valence-electron chi connectivity index (χ3n) is 4.38. The van der Waals surface area contributed by atoms with Crippen LogP contribution in [-0.2, 0) is 38.1 Å². The molecule has 1 fully saturated rings. The highest BCUT2D eigenvalue weighted by molar-refractivity contribution is 5.73. The second-order valence-corrected chi connectivity index (χ2v) is 7.06. The van der Waals surface area contributed by atoms with Gasteiger partial charge < -0.3 is 29.0 Å². The summed E-state index contributed by atoms with van der Waals surface area (Å²) in [6.45, 7) is 4.11. The second kappa shape index (κ2) is 11.2. The van der Waals surface area contributed by atoms with Gasteiger partial charge in [-0.2, -0.15) is 0 Å². The first-order valence-electron chi connectivity index (χ1n) is 9.80. The summed E-state index contributed by atoms with van der Waals surface area (Å²) in [4.78, 5) is 57.5. The lowest BCUT2D eigenvalue weighted by Gasteiger charge is -2.44. The first-order chi connectivity index (χ1) is 15.5. The molecule has 1 aliphatic heterocycles. The normalized spacial score (nSPS) is 24.2. The Hall–Kier alpha value is -3.74. The number of nitrogens with zero attached hydrogens (tertiary/aromatic N) is 1. The van der Waals surface area contributed by atoms with Crippen molar-refractivity contribution in [2.75, 3.05) is 6.61 Å². The molecule has 13 nitrogen and oxygen atoms in total. The molecule has 1 aromatic rings. The molecule has 1 amide bonds. The summed E-state index contributed by atoms with van der Waals surface area (Å²) in [6, 6.07) is 4.18. The van der Waals surface area contributed by atoms with Crippen LogP contribution < -0.4 is 10.1 Å². The van der Waals surface area contributed by atoms with Crippen LogP contribution in [0.2, 0.25) is 0 Å². The SMILES string of the molecule is CC(=O)N[C@H]1[C@@H](Oc2ccccc2[N+](=O)[O-])O[C@@H](COC(C)=O)[C@@H](OC(C)=O)[C@@H]1OC(C)=O. The van der Waals surface area contributed by atoms with Gasteiger partial charge in [-0.15, -0.1) is 0 Å². The van der Waals surface area contributed by atoms with Gasteiger partial charge in [-0.1, -0.05) is 12.1 Å². The number of rotatable bonds is 8. The predicted molar refractivity (Wildman–Crippen MR) is 108 cm³/mol. The van der Waals surface area contributed by atoms with E-state index >= 15 is 0 Å². The number of amides is 1. The lowest BCUT2D eigenvalue weighted by atomic mass is 9.96. The highest BCUT2D eigenvalue weighted by Gasteiger charge is 2.52. The summed E-state index contributed by atoms with van der Waals surface area (Å²) in [5.41, 5.74) is -0.384. The van der Waals surface area contributed by atoms with E-state index in [1.54, 1.807) is 0 Å². The van der Waals surface area contributed by atoms with Crippen molar-refractivity contribution in [3.63, 3.8) is 0 Å². The van der Waals surface area contributed by atoms with Crippen molar-refractivity contribution in [2.45, 2.75) is 58.3 Å². The fourth-order valence-electron chi connectivity index (χ4n) is 3.22. The van der Waals surface area contributed by atoms with Crippen molar-refractivity contribution in [1.29, 1.82) is 0 Å². The van der Waals surface area contributed by atoms with Crippen LogP contribution >= 0.6 is 0 Å². The molecular weight excluding hydrogens is 444 g/mol. The standard InChI is InChI=1S/C20H24N2O11/c1-10(23)21-17-19(31-13(4)26)18(30-12(3)25)16(9-29-11(2)24)33-20(17)32-15-8-6-5-7-14(15)22(27)28/h5-8,16-20H,9H2,1-4H3,(H,21,23)/t16-,17+,18+,19+,20-/m0/s1. The molecule has 13 heteroatoms. The quantitative estimate of drug-likeness (QED) is 0.246. The van der Waals surface area contributed by atoms with Gasteiger partial charge in [0.25, 0.3) is 0 Å². The summed E-state index contributed by atoms with van der Waals surface area (Å²) in [5, 5.41) is 13.9. The van der Waals surface area contributed by atoms with Crippen LogP contribution in [0.4, 0.5) is 5.69 Å². The summed E-state index contributed by atoms with van der Waals surface area (Å²) >= 11 is 0. The van der Waals surface area contributed by atoms with Crippen molar-refractivity contribution < 1.29 is 47.8 Å². The van der Waals surface area contributed by atoms with Crippen molar-refractivity contribution in [1.82, 2.24) is 5.32 Å². The largest absolute Gasteiger partial charge is 0.463 e. The van der Waals surface area contributed by atoms with Gasteiger partial charge in [-0.3, -0.25) is 29.3 Å². The Labute approximate surface area is 188 Å². The zero-order valence-electron chi connectivity index (χ0n) is 18.3. The molecule has 1 saturated heterocycles. The van der Waals surface area contributed by atoms with E-state index in [1.165, 1.54) is 31.2 Å². The third-order valence-corrected chi connectivity index (χ3v) is 4.38. The number of nitro benzene ring substituents is 1. The van der Waals surface area contributed by atoms with Crippen molar-refractivity contribution in [3.05, 3.63) is 34.4 Å². The van der Waals surface area contributed by atoms with Gasteiger partial charge in [0.1, 0.15) is 18.8 Å². The van der Waals surface area contributed by atoms with E-state index in [0.29, 0.717) is 0 Å². The monoisotopic (exact) mass is 468 g/mol. The molecule has 1 heterocycles. The molecule has 0 aliphatic carbocycles. The van der Waals surface area contributed by atoms with Gasteiger partial charge in [-0.05, 0) is 6.07 Å². The average molecular weight is 468 g/mol. The van der Waals surface area contributed by atoms with Gasteiger partial charge in [-0.25, -0.2) is 0 Å². The third kappa shape index (κ3) is 7.14. The maximum Gasteiger partial charge on any atom is 0.311 e. The van der Waals surface area contributed by atoms with Crippen LogP contribution in [-0.4, -0.2) is 66.0 Å². The van der Waals surface area contributed by atoms with Crippen molar-refractivity contribution in [3.8, 4) is 5.75 Å². The summed E-state index contributed by atoms with van der Waals surface area (Å²) in [5.74, 6) is -2.96. The number of hydrogen-bond donors (Lipinski definition) is 1. The fourth-order valence-corrected chi connectivity index (χ4v) is 3.22. The van der Waals surface area contributed by atoms with E-state index < -0.39 is 66.0 Å². The number of para-hydroxylation sites is 2. The molecule has 0 unspecified atom stereocenters. The molecule has 0 saturated carbocycles. The van der Waals surface area contributed by atoms with Crippen LogP contribution in [0.3, 0.4) is 0 Å². The Balaban J connectivity index is 2.51. The topological polar surface area (TPSA) is 170 Å². The zero-order chi connectivity index (χ0) is 24.7. The molecule has 5 atom stereocenters. The van der Waals surface area contributed by atoms with Gasteiger partial charge in [0, 0.05) is 33.8 Å². The van der Waals surface area contributed by atoms with Crippen molar-refractivity contribution >= 4 is 29.5 Å². The predicted octanol–water partition coefficient (Wildman–Crippen LogP) is 0.630. The number of benzene rings is 1. The van der Waals surface area contributed by atoms with E-state index in [4.69, 9.17) is 23.7 Å². The fraction of sp³-hybridized carbons (Fsp3) is 0.500. The second-order valence-electron chi connectivity index (χ2n) is 7.06. The number of nitro groups is 1. The van der Waals surface area contributed by atoms with E-state index in [9.17, 15) is 29.3 Å². The molecule has 0 bridgehead atoms. The number of carbonyl (C=O) groups is 4. The van der Waals surface area contributed by atoms with E-state index in [1.807, 2.05) is 0 Å². The van der Waals surface area contributed by atoms with Crippen LogP contribution in [0.1, 0.15) is 27.7 Å². The summed E-state index contributed by atoms with van der Waals surface area (Å²) in [6.07, 6.45) is -5.28.